The van der Waals surface area contributed by atoms with Crippen LogP contribution in [0.5, 0.6) is 0 Å². The number of H-pyrrole nitrogens is 1. The third-order valence-electron chi connectivity index (χ3n) is 3.98. The summed E-state index contributed by atoms with van der Waals surface area (Å²) in [6.45, 7) is 7.53. The predicted octanol–water partition coefficient (Wildman–Crippen LogP) is 3.93. The molecule has 2 aromatic rings. The van der Waals surface area contributed by atoms with E-state index in [2.05, 4.69) is 26.2 Å². The smallest absolute Gasteiger partial charge is 0.340 e. The van der Waals surface area contributed by atoms with E-state index in [1.54, 1.807) is 20.8 Å². The molecular weight excluding hydrogens is 384 g/mol. The summed E-state index contributed by atoms with van der Waals surface area (Å²) in [6.07, 6.45) is 0.725. The van der Waals surface area contributed by atoms with Crippen LogP contribution < -0.4 is 5.32 Å². The number of ether oxygens (including phenoxy) is 1. The minimum absolute atomic E-state index is 0.0391. The van der Waals surface area contributed by atoms with Gasteiger partial charge in [0.2, 0.25) is 0 Å². The van der Waals surface area contributed by atoms with Crippen LogP contribution in [0.1, 0.15) is 51.5 Å². The number of nitrogens with one attached hydrogen (secondary N) is 2. The maximum absolute atomic E-state index is 12.6. The van der Waals surface area contributed by atoms with Gasteiger partial charge in [-0.2, -0.15) is 0 Å². The molecule has 134 valence electrons. The van der Waals surface area contributed by atoms with Gasteiger partial charge < -0.3 is 15.0 Å². The summed E-state index contributed by atoms with van der Waals surface area (Å²) >= 11 is 3.41. The summed E-state index contributed by atoms with van der Waals surface area (Å²) in [5.41, 5.74) is 3.24. The number of aryl methyl sites for hydroxylation is 1. The summed E-state index contributed by atoms with van der Waals surface area (Å²) < 4.78 is 6.08. The molecule has 5 nitrogen and oxygen atoms in total. The highest BCUT2D eigenvalue weighted by Gasteiger charge is 2.23. The molecule has 0 bridgehead atoms. The van der Waals surface area contributed by atoms with E-state index in [9.17, 15) is 9.59 Å². The Labute approximate surface area is 156 Å². The first kappa shape index (κ1) is 19.2. The molecule has 0 radical (unpaired) electrons. The molecule has 2 N–H and O–H groups in total. The van der Waals surface area contributed by atoms with Crippen LogP contribution >= 0.6 is 15.9 Å². The highest BCUT2D eigenvalue weighted by Crippen LogP contribution is 2.19. The van der Waals surface area contributed by atoms with Crippen LogP contribution in [0.4, 0.5) is 0 Å². The number of benzene rings is 1. The molecule has 2 rings (SSSR count). The van der Waals surface area contributed by atoms with Crippen LogP contribution in [0.3, 0.4) is 0 Å². The fraction of sp³-hybridized carbons (Fsp3) is 0.368. The van der Waals surface area contributed by atoms with Crippen molar-refractivity contribution in [3.63, 3.8) is 0 Å². The van der Waals surface area contributed by atoms with Gasteiger partial charge >= 0.3 is 5.97 Å². The van der Waals surface area contributed by atoms with Crippen molar-refractivity contribution in [1.29, 1.82) is 0 Å². The van der Waals surface area contributed by atoms with Gasteiger partial charge in [-0.25, -0.2) is 4.79 Å². The van der Waals surface area contributed by atoms with Gasteiger partial charge in [0, 0.05) is 16.2 Å². The number of carbonyl (C=O) groups is 2. The van der Waals surface area contributed by atoms with Crippen LogP contribution in [-0.4, -0.2) is 29.5 Å². The Kier molecular flexibility index (Phi) is 6.42. The second-order valence-corrected chi connectivity index (χ2v) is 6.97. The van der Waals surface area contributed by atoms with Gasteiger partial charge in [0.1, 0.15) is 5.69 Å². The van der Waals surface area contributed by atoms with E-state index in [0.717, 1.165) is 16.5 Å². The molecule has 0 aliphatic carbocycles. The molecule has 6 heteroatoms. The Bertz CT molecular complexity index is 766. The molecule has 0 aliphatic heterocycles. The van der Waals surface area contributed by atoms with E-state index in [0.29, 0.717) is 29.1 Å². The van der Waals surface area contributed by atoms with E-state index < -0.39 is 5.97 Å². The number of halogens is 1. The number of rotatable bonds is 6. The summed E-state index contributed by atoms with van der Waals surface area (Å²) in [7, 11) is 0. The highest BCUT2D eigenvalue weighted by molar-refractivity contribution is 9.10. The van der Waals surface area contributed by atoms with Gasteiger partial charge in [0.15, 0.2) is 0 Å². The first-order valence-electron chi connectivity index (χ1n) is 8.25. The zero-order chi connectivity index (χ0) is 18.6. The van der Waals surface area contributed by atoms with E-state index in [1.807, 2.05) is 31.2 Å². The van der Waals surface area contributed by atoms with Crippen molar-refractivity contribution in [2.45, 2.75) is 40.2 Å². The number of hydrogen-bond acceptors (Lipinski definition) is 3. The lowest BCUT2D eigenvalue weighted by atomic mass is 10.1. The molecule has 25 heavy (non-hydrogen) atoms. The first-order valence-corrected chi connectivity index (χ1v) is 9.04. The molecule has 0 spiro atoms. The van der Waals surface area contributed by atoms with Gasteiger partial charge in [-0.05, 0) is 57.4 Å². The fourth-order valence-corrected chi connectivity index (χ4v) is 3.07. The molecule has 0 saturated carbocycles. The van der Waals surface area contributed by atoms with Crippen molar-refractivity contribution in [3.8, 4) is 0 Å². The summed E-state index contributed by atoms with van der Waals surface area (Å²) in [6, 6.07) is 7.97. The van der Waals surface area contributed by atoms with Crippen LogP contribution in [-0.2, 0) is 11.2 Å². The van der Waals surface area contributed by atoms with Crippen molar-refractivity contribution in [2.75, 3.05) is 6.61 Å². The van der Waals surface area contributed by atoms with E-state index >= 15 is 0 Å². The molecule has 1 aromatic heterocycles. The van der Waals surface area contributed by atoms with Crippen LogP contribution in [0.15, 0.2) is 28.7 Å². The van der Waals surface area contributed by atoms with E-state index in [-0.39, 0.29) is 11.9 Å². The summed E-state index contributed by atoms with van der Waals surface area (Å²) in [5, 5.41) is 2.98. The molecule has 0 saturated heterocycles. The van der Waals surface area contributed by atoms with E-state index in [4.69, 9.17) is 4.74 Å². The fourth-order valence-electron chi connectivity index (χ4n) is 2.81. The average molecular weight is 407 g/mol. The van der Waals surface area contributed by atoms with Crippen molar-refractivity contribution >= 4 is 27.8 Å². The van der Waals surface area contributed by atoms with Crippen LogP contribution in [0.25, 0.3) is 0 Å². The Morgan fingerprint density at radius 2 is 1.88 bits per heavy atom. The molecule has 1 atom stereocenters. The zero-order valence-electron chi connectivity index (χ0n) is 14.9. The maximum atomic E-state index is 12.6. The molecule has 0 fully saturated rings. The number of esters is 1. The lowest BCUT2D eigenvalue weighted by Crippen LogP contribution is -2.34. The lowest BCUT2D eigenvalue weighted by Gasteiger charge is -2.14. The first-order chi connectivity index (χ1) is 11.8. The normalized spacial score (nSPS) is 11.9. The van der Waals surface area contributed by atoms with Gasteiger partial charge in [0.05, 0.1) is 12.2 Å². The number of amides is 1. The second kappa shape index (κ2) is 8.34. The Hall–Kier alpha value is -2.08. The minimum Gasteiger partial charge on any atom is -0.462 e. The van der Waals surface area contributed by atoms with E-state index in [1.165, 1.54) is 0 Å². The monoisotopic (exact) mass is 406 g/mol. The van der Waals surface area contributed by atoms with Crippen LogP contribution in [0.2, 0.25) is 0 Å². The van der Waals surface area contributed by atoms with Crippen LogP contribution in [0, 0.1) is 13.8 Å². The number of carbonyl (C=O) groups excluding carboxylic acids is 2. The summed E-state index contributed by atoms with van der Waals surface area (Å²) in [5.74, 6) is -0.628. The number of aromatic nitrogens is 1. The quantitative estimate of drug-likeness (QED) is 0.713. The Morgan fingerprint density at radius 3 is 2.48 bits per heavy atom. The number of aromatic amines is 1. The largest absolute Gasteiger partial charge is 0.462 e. The van der Waals surface area contributed by atoms with Gasteiger partial charge in [0.25, 0.3) is 5.91 Å². The maximum Gasteiger partial charge on any atom is 0.340 e. The molecule has 1 amide bonds. The molecule has 0 aliphatic rings. The topological polar surface area (TPSA) is 71.2 Å². The lowest BCUT2D eigenvalue weighted by molar-refractivity contribution is 0.0525. The highest BCUT2D eigenvalue weighted by atomic mass is 79.9. The third-order valence-corrected chi connectivity index (χ3v) is 4.51. The van der Waals surface area contributed by atoms with Crippen molar-refractivity contribution in [2.24, 2.45) is 0 Å². The van der Waals surface area contributed by atoms with Crippen molar-refractivity contribution in [3.05, 3.63) is 56.8 Å². The molecule has 1 heterocycles. The predicted molar refractivity (Wildman–Crippen MR) is 101 cm³/mol. The van der Waals surface area contributed by atoms with Gasteiger partial charge in [-0.15, -0.1) is 0 Å². The van der Waals surface area contributed by atoms with Crippen molar-refractivity contribution < 1.29 is 14.3 Å². The average Bonchev–Trinajstić information content (AvgIpc) is 2.84. The Morgan fingerprint density at radius 1 is 1.24 bits per heavy atom. The molecule has 1 unspecified atom stereocenters. The Balaban J connectivity index is 2.09. The minimum atomic E-state index is -0.407. The third kappa shape index (κ3) is 4.72. The SMILES string of the molecule is CCOC(=O)c1c(C)[nH]c(C(=O)NC(C)Cc2ccc(Br)cc2)c1C. The van der Waals surface area contributed by atoms with Gasteiger partial charge in [-0.3, -0.25) is 4.79 Å². The van der Waals surface area contributed by atoms with Crippen molar-refractivity contribution in [1.82, 2.24) is 10.3 Å². The molecular formula is C19H23BrN2O3. The number of hydrogen-bond donors (Lipinski definition) is 2. The standard InChI is InChI=1S/C19H23BrN2O3/c1-5-25-19(24)16-12(3)17(22-13(16)4)18(23)21-11(2)10-14-6-8-15(20)9-7-14/h6-9,11,22H,5,10H2,1-4H3,(H,21,23). The molecule has 1 aromatic carbocycles. The van der Waals surface area contributed by atoms with Gasteiger partial charge in [-0.1, -0.05) is 28.1 Å². The summed E-state index contributed by atoms with van der Waals surface area (Å²) in [4.78, 5) is 27.6. The second-order valence-electron chi connectivity index (χ2n) is 6.05. The zero-order valence-corrected chi connectivity index (χ0v) is 16.5.